The largest absolute Gasteiger partial charge is 0.321 e. The van der Waals surface area contributed by atoms with Crippen LogP contribution in [0.2, 0.25) is 0 Å². The minimum Gasteiger partial charge on any atom is -0.321 e. The van der Waals surface area contributed by atoms with Gasteiger partial charge in [-0.1, -0.05) is 19.8 Å². The average molecular weight is 194 g/mol. The SMILES string of the molecule is CCC(N)c1n[nH]c(C2CCCC2)n1. The van der Waals surface area contributed by atoms with Crippen LogP contribution in [0, 0.1) is 0 Å². The lowest BCUT2D eigenvalue weighted by molar-refractivity contribution is 0.646. The van der Waals surface area contributed by atoms with Crippen LogP contribution in [-0.2, 0) is 0 Å². The normalized spacial score (nSPS) is 20.1. The molecule has 1 saturated carbocycles. The number of aromatic nitrogens is 3. The predicted octanol–water partition coefficient (Wildman–Crippen LogP) is 1.87. The van der Waals surface area contributed by atoms with E-state index in [1.54, 1.807) is 0 Å². The van der Waals surface area contributed by atoms with E-state index in [9.17, 15) is 0 Å². The molecule has 0 amide bonds. The van der Waals surface area contributed by atoms with Gasteiger partial charge in [0, 0.05) is 5.92 Å². The highest BCUT2D eigenvalue weighted by Gasteiger charge is 2.21. The zero-order chi connectivity index (χ0) is 9.97. The van der Waals surface area contributed by atoms with Crippen molar-refractivity contribution in [2.24, 2.45) is 5.73 Å². The molecule has 0 saturated heterocycles. The smallest absolute Gasteiger partial charge is 0.167 e. The van der Waals surface area contributed by atoms with Gasteiger partial charge in [0.15, 0.2) is 5.82 Å². The first-order valence-electron chi connectivity index (χ1n) is 5.49. The molecule has 0 aliphatic heterocycles. The molecule has 3 N–H and O–H groups in total. The Balaban J connectivity index is 2.08. The second-order valence-electron chi connectivity index (χ2n) is 4.07. The Morgan fingerprint density at radius 1 is 1.50 bits per heavy atom. The summed E-state index contributed by atoms with van der Waals surface area (Å²) in [6.45, 7) is 2.05. The Morgan fingerprint density at radius 3 is 2.86 bits per heavy atom. The van der Waals surface area contributed by atoms with Crippen LogP contribution < -0.4 is 5.73 Å². The van der Waals surface area contributed by atoms with E-state index in [-0.39, 0.29) is 6.04 Å². The van der Waals surface area contributed by atoms with E-state index in [4.69, 9.17) is 5.73 Å². The number of nitrogens with zero attached hydrogens (tertiary/aromatic N) is 2. The fraction of sp³-hybridized carbons (Fsp3) is 0.800. The van der Waals surface area contributed by atoms with Crippen LogP contribution in [-0.4, -0.2) is 15.2 Å². The lowest BCUT2D eigenvalue weighted by Gasteiger charge is -2.03. The average Bonchev–Trinajstić information content (AvgIpc) is 2.86. The molecule has 1 aromatic heterocycles. The van der Waals surface area contributed by atoms with Crippen molar-refractivity contribution in [1.82, 2.24) is 15.2 Å². The molecule has 1 aliphatic rings. The summed E-state index contributed by atoms with van der Waals surface area (Å²) in [6.07, 6.45) is 6.02. The third-order valence-corrected chi connectivity index (χ3v) is 3.03. The van der Waals surface area contributed by atoms with E-state index in [1.807, 2.05) is 0 Å². The summed E-state index contributed by atoms with van der Waals surface area (Å²) in [5.41, 5.74) is 5.86. The van der Waals surface area contributed by atoms with Crippen LogP contribution >= 0.6 is 0 Å². The Morgan fingerprint density at radius 2 is 2.21 bits per heavy atom. The third kappa shape index (κ3) is 1.80. The molecular weight excluding hydrogens is 176 g/mol. The number of hydrogen-bond acceptors (Lipinski definition) is 3. The van der Waals surface area contributed by atoms with Crippen molar-refractivity contribution in [1.29, 1.82) is 0 Å². The van der Waals surface area contributed by atoms with Gasteiger partial charge in [-0.15, -0.1) is 0 Å². The van der Waals surface area contributed by atoms with Crippen LogP contribution in [0.4, 0.5) is 0 Å². The summed E-state index contributed by atoms with van der Waals surface area (Å²) in [5, 5.41) is 7.19. The molecule has 78 valence electrons. The summed E-state index contributed by atoms with van der Waals surface area (Å²) in [7, 11) is 0. The second kappa shape index (κ2) is 4.09. The van der Waals surface area contributed by atoms with Crippen LogP contribution in [0.25, 0.3) is 0 Å². The van der Waals surface area contributed by atoms with Gasteiger partial charge in [0.05, 0.1) is 6.04 Å². The molecular formula is C10H18N4. The van der Waals surface area contributed by atoms with Crippen LogP contribution in [0.5, 0.6) is 0 Å². The summed E-state index contributed by atoms with van der Waals surface area (Å²) < 4.78 is 0. The first kappa shape index (κ1) is 9.65. The zero-order valence-electron chi connectivity index (χ0n) is 8.66. The van der Waals surface area contributed by atoms with Crippen molar-refractivity contribution in [3.05, 3.63) is 11.6 Å². The molecule has 4 nitrogen and oxygen atoms in total. The molecule has 4 heteroatoms. The van der Waals surface area contributed by atoms with Crippen LogP contribution in [0.1, 0.15) is 62.6 Å². The van der Waals surface area contributed by atoms with Gasteiger partial charge in [0.1, 0.15) is 5.82 Å². The summed E-state index contributed by atoms with van der Waals surface area (Å²) in [4.78, 5) is 4.47. The minimum absolute atomic E-state index is 0.0126. The highest BCUT2D eigenvalue weighted by molar-refractivity contribution is 5.02. The Kier molecular flexibility index (Phi) is 2.82. The van der Waals surface area contributed by atoms with Crippen LogP contribution in [0.3, 0.4) is 0 Å². The maximum atomic E-state index is 5.86. The Labute approximate surface area is 84.3 Å². The zero-order valence-corrected chi connectivity index (χ0v) is 8.66. The number of rotatable bonds is 3. The minimum atomic E-state index is -0.0126. The molecule has 1 heterocycles. The van der Waals surface area contributed by atoms with E-state index in [0.29, 0.717) is 5.92 Å². The lowest BCUT2D eigenvalue weighted by Crippen LogP contribution is -2.10. The van der Waals surface area contributed by atoms with Gasteiger partial charge in [-0.05, 0) is 19.3 Å². The van der Waals surface area contributed by atoms with Crippen LogP contribution in [0.15, 0.2) is 0 Å². The molecule has 0 aromatic carbocycles. The number of hydrogen-bond donors (Lipinski definition) is 2. The van der Waals surface area contributed by atoms with Gasteiger partial charge in [0.2, 0.25) is 0 Å². The van der Waals surface area contributed by atoms with E-state index in [0.717, 1.165) is 18.1 Å². The van der Waals surface area contributed by atoms with Crippen molar-refractivity contribution in [2.45, 2.75) is 51.0 Å². The maximum Gasteiger partial charge on any atom is 0.167 e. The third-order valence-electron chi connectivity index (χ3n) is 3.03. The molecule has 0 radical (unpaired) electrons. The molecule has 0 bridgehead atoms. The van der Waals surface area contributed by atoms with Gasteiger partial charge in [-0.3, -0.25) is 5.10 Å². The fourth-order valence-electron chi connectivity index (χ4n) is 2.02. The number of aromatic amines is 1. The topological polar surface area (TPSA) is 67.6 Å². The molecule has 2 rings (SSSR count). The van der Waals surface area contributed by atoms with Gasteiger partial charge >= 0.3 is 0 Å². The van der Waals surface area contributed by atoms with Gasteiger partial charge in [0.25, 0.3) is 0 Å². The Bertz CT molecular complexity index is 288. The van der Waals surface area contributed by atoms with E-state index >= 15 is 0 Å². The van der Waals surface area contributed by atoms with Crippen molar-refractivity contribution in [2.75, 3.05) is 0 Å². The molecule has 1 atom stereocenters. The monoisotopic (exact) mass is 194 g/mol. The predicted molar refractivity (Wildman–Crippen MR) is 54.8 cm³/mol. The van der Waals surface area contributed by atoms with Crippen molar-refractivity contribution in [3.8, 4) is 0 Å². The fourth-order valence-corrected chi connectivity index (χ4v) is 2.02. The molecule has 1 aliphatic carbocycles. The highest BCUT2D eigenvalue weighted by atomic mass is 15.2. The summed E-state index contributed by atoms with van der Waals surface area (Å²) >= 11 is 0. The van der Waals surface area contributed by atoms with Crippen molar-refractivity contribution >= 4 is 0 Å². The quantitative estimate of drug-likeness (QED) is 0.771. The lowest BCUT2D eigenvalue weighted by atomic mass is 10.1. The van der Waals surface area contributed by atoms with Crippen molar-refractivity contribution in [3.63, 3.8) is 0 Å². The standard InChI is InChI=1S/C10H18N4/c1-2-8(11)10-12-9(13-14-10)7-5-3-4-6-7/h7-8H,2-6,11H2,1H3,(H,12,13,14). The Hall–Kier alpha value is -0.900. The molecule has 0 spiro atoms. The van der Waals surface area contributed by atoms with E-state index < -0.39 is 0 Å². The molecule has 14 heavy (non-hydrogen) atoms. The maximum absolute atomic E-state index is 5.86. The van der Waals surface area contributed by atoms with Gasteiger partial charge in [-0.2, -0.15) is 5.10 Å². The number of H-pyrrole nitrogens is 1. The number of nitrogens with two attached hydrogens (primary N) is 1. The second-order valence-corrected chi connectivity index (χ2v) is 4.07. The van der Waals surface area contributed by atoms with E-state index in [1.165, 1.54) is 25.7 Å². The first-order valence-corrected chi connectivity index (χ1v) is 5.49. The summed E-state index contributed by atoms with van der Waals surface area (Å²) in [6, 6.07) is -0.0126. The van der Waals surface area contributed by atoms with Crippen molar-refractivity contribution < 1.29 is 0 Å². The van der Waals surface area contributed by atoms with Gasteiger partial charge < -0.3 is 5.73 Å². The first-order chi connectivity index (χ1) is 6.81. The molecule has 1 fully saturated rings. The van der Waals surface area contributed by atoms with E-state index in [2.05, 4.69) is 22.1 Å². The molecule has 1 unspecified atom stereocenters. The van der Waals surface area contributed by atoms with Gasteiger partial charge in [-0.25, -0.2) is 4.98 Å². The molecule has 1 aromatic rings. The highest BCUT2D eigenvalue weighted by Crippen LogP contribution is 2.32. The number of nitrogens with one attached hydrogen (secondary N) is 1. The summed E-state index contributed by atoms with van der Waals surface area (Å²) in [5.74, 6) is 2.41.